The summed E-state index contributed by atoms with van der Waals surface area (Å²) in [5.41, 5.74) is 8.37. The maximum atomic E-state index is 13.1. The predicted octanol–water partition coefficient (Wildman–Crippen LogP) is 2.58. The van der Waals surface area contributed by atoms with E-state index in [1.807, 2.05) is 6.07 Å². The van der Waals surface area contributed by atoms with Crippen LogP contribution in [-0.4, -0.2) is 34.3 Å². The SMILES string of the molecule is Nc1nc(O[C@@H]2CCOC2)c2nc(-c3ccc(F)cc3)ccc2n1. The van der Waals surface area contributed by atoms with Crippen LogP contribution in [0.4, 0.5) is 10.3 Å². The molecule has 0 bridgehead atoms. The van der Waals surface area contributed by atoms with Gasteiger partial charge >= 0.3 is 0 Å². The molecule has 4 rings (SSSR count). The minimum absolute atomic E-state index is 0.0706. The number of rotatable bonds is 3. The van der Waals surface area contributed by atoms with E-state index in [0.717, 1.165) is 12.0 Å². The first-order valence-electron chi connectivity index (χ1n) is 7.64. The summed E-state index contributed by atoms with van der Waals surface area (Å²) in [6, 6.07) is 9.75. The number of nitrogens with two attached hydrogens (primary N) is 1. The molecule has 0 saturated carbocycles. The van der Waals surface area contributed by atoms with E-state index in [9.17, 15) is 4.39 Å². The molecule has 3 heterocycles. The lowest BCUT2D eigenvalue weighted by Crippen LogP contribution is -2.17. The van der Waals surface area contributed by atoms with Crippen LogP contribution in [0, 0.1) is 5.82 Å². The standard InChI is InChI=1S/C17H15FN4O2/c18-11-3-1-10(2-4-11)13-5-6-14-15(20-13)16(22-17(19)21-14)24-12-7-8-23-9-12/h1-6,12H,7-9H2,(H2,19,21,22)/t12-/m1/s1. The lowest BCUT2D eigenvalue weighted by Gasteiger charge is -2.13. The van der Waals surface area contributed by atoms with E-state index in [1.54, 1.807) is 18.2 Å². The summed E-state index contributed by atoms with van der Waals surface area (Å²) >= 11 is 0. The van der Waals surface area contributed by atoms with Crippen molar-refractivity contribution in [1.82, 2.24) is 15.0 Å². The molecule has 7 heteroatoms. The van der Waals surface area contributed by atoms with Crippen LogP contribution < -0.4 is 10.5 Å². The Balaban J connectivity index is 1.78. The second-order valence-corrected chi connectivity index (χ2v) is 5.56. The highest BCUT2D eigenvalue weighted by molar-refractivity contribution is 5.83. The van der Waals surface area contributed by atoms with E-state index in [2.05, 4.69) is 15.0 Å². The van der Waals surface area contributed by atoms with Gasteiger partial charge in [-0.25, -0.2) is 14.4 Å². The zero-order valence-corrected chi connectivity index (χ0v) is 12.8. The van der Waals surface area contributed by atoms with Crippen LogP contribution in [0.2, 0.25) is 0 Å². The Bertz CT molecular complexity index is 880. The molecule has 3 aromatic rings. The van der Waals surface area contributed by atoms with Crippen LogP contribution in [-0.2, 0) is 4.74 Å². The third kappa shape index (κ3) is 2.85. The third-order valence-corrected chi connectivity index (χ3v) is 3.83. The number of pyridine rings is 1. The predicted molar refractivity (Wildman–Crippen MR) is 87.0 cm³/mol. The van der Waals surface area contributed by atoms with Gasteiger partial charge in [0.15, 0.2) is 5.52 Å². The van der Waals surface area contributed by atoms with Gasteiger partial charge in [0.1, 0.15) is 11.9 Å². The van der Waals surface area contributed by atoms with E-state index in [4.69, 9.17) is 15.2 Å². The van der Waals surface area contributed by atoms with Crippen molar-refractivity contribution in [2.24, 2.45) is 0 Å². The molecule has 0 aliphatic carbocycles. The van der Waals surface area contributed by atoms with Crippen molar-refractivity contribution >= 4 is 17.0 Å². The number of fused-ring (bicyclic) bond motifs is 1. The molecule has 1 aliphatic heterocycles. The zero-order chi connectivity index (χ0) is 16.5. The Kier molecular flexibility index (Phi) is 3.70. The lowest BCUT2D eigenvalue weighted by atomic mass is 10.1. The largest absolute Gasteiger partial charge is 0.470 e. The number of benzene rings is 1. The number of nitrogen functional groups attached to an aromatic ring is 1. The van der Waals surface area contributed by atoms with E-state index in [-0.39, 0.29) is 17.9 Å². The Labute approximate surface area is 137 Å². The molecular weight excluding hydrogens is 311 g/mol. The summed E-state index contributed by atoms with van der Waals surface area (Å²) in [6.45, 7) is 1.18. The van der Waals surface area contributed by atoms with Gasteiger partial charge in [-0.15, -0.1) is 0 Å². The molecule has 2 N–H and O–H groups in total. The molecule has 2 aromatic heterocycles. The monoisotopic (exact) mass is 326 g/mol. The number of ether oxygens (including phenoxy) is 2. The van der Waals surface area contributed by atoms with Crippen LogP contribution in [0.1, 0.15) is 6.42 Å². The molecule has 1 atom stereocenters. The highest BCUT2D eigenvalue weighted by atomic mass is 19.1. The van der Waals surface area contributed by atoms with Crippen molar-refractivity contribution in [3.05, 3.63) is 42.2 Å². The number of hydrogen-bond donors (Lipinski definition) is 1. The van der Waals surface area contributed by atoms with Crippen molar-refractivity contribution in [2.75, 3.05) is 18.9 Å². The molecule has 1 aliphatic rings. The Hall–Kier alpha value is -2.80. The van der Waals surface area contributed by atoms with E-state index in [0.29, 0.717) is 35.8 Å². The number of anilines is 1. The van der Waals surface area contributed by atoms with Gasteiger partial charge in [0.25, 0.3) is 0 Å². The highest BCUT2D eigenvalue weighted by Gasteiger charge is 2.20. The molecule has 0 unspecified atom stereocenters. The van der Waals surface area contributed by atoms with Gasteiger partial charge in [0, 0.05) is 12.0 Å². The van der Waals surface area contributed by atoms with Gasteiger partial charge in [0.05, 0.1) is 24.4 Å². The summed E-state index contributed by atoms with van der Waals surface area (Å²) in [7, 11) is 0. The molecule has 0 spiro atoms. The maximum absolute atomic E-state index is 13.1. The average Bonchev–Trinajstić information content (AvgIpc) is 3.08. The van der Waals surface area contributed by atoms with E-state index < -0.39 is 0 Å². The van der Waals surface area contributed by atoms with Crippen molar-refractivity contribution < 1.29 is 13.9 Å². The summed E-state index contributed by atoms with van der Waals surface area (Å²) in [5.74, 6) is 0.186. The Morgan fingerprint density at radius 2 is 1.92 bits per heavy atom. The molecule has 6 nitrogen and oxygen atoms in total. The van der Waals surface area contributed by atoms with Crippen LogP contribution in [0.5, 0.6) is 5.88 Å². The van der Waals surface area contributed by atoms with Crippen molar-refractivity contribution in [3.8, 4) is 17.1 Å². The molecule has 0 amide bonds. The molecule has 1 aromatic carbocycles. The smallest absolute Gasteiger partial charge is 0.245 e. The molecule has 122 valence electrons. The van der Waals surface area contributed by atoms with E-state index >= 15 is 0 Å². The summed E-state index contributed by atoms with van der Waals surface area (Å²) in [6.07, 6.45) is 0.724. The first-order valence-corrected chi connectivity index (χ1v) is 7.64. The third-order valence-electron chi connectivity index (χ3n) is 3.83. The van der Waals surface area contributed by atoms with Crippen molar-refractivity contribution in [3.63, 3.8) is 0 Å². The number of nitrogens with zero attached hydrogens (tertiary/aromatic N) is 3. The Morgan fingerprint density at radius 3 is 2.67 bits per heavy atom. The van der Waals surface area contributed by atoms with Gasteiger partial charge in [0.2, 0.25) is 11.8 Å². The fraction of sp³-hybridized carbons (Fsp3) is 0.235. The quantitative estimate of drug-likeness (QED) is 0.796. The molecule has 24 heavy (non-hydrogen) atoms. The second-order valence-electron chi connectivity index (χ2n) is 5.56. The molecule has 0 radical (unpaired) electrons. The van der Waals surface area contributed by atoms with Crippen LogP contribution >= 0.6 is 0 Å². The van der Waals surface area contributed by atoms with Gasteiger partial charge in [-0.2, -0.15) is 4.98 Å². The fourth-order valence-corrected chi connectivity index (χ4v) is 2.63. The van der Waals surface area contributed by atoms with Gasteiger partial charge in [-0.3, -0.25) is 0 Å². The average molecular weight is 326 g/mol. The van der Waals surface area contributed by atoms with E-state index in [1.165, 1.54) is 12.1 Å². The van der Waals surface area contributed by atoms with Gasteiger partial charge in [-0.1, -0.05) is 0 Å². The van der Waals surface area contributed by atoms with Gasteiger partial charge in [-0.05, 0) is 36.4 Å². The van der Waals surface area contributed by atoms with Crippen LogP contribution in [0.3, 0.4) is 0 Å². The summed E-state index contributed by atoms with van der Waals surface area (Å²) < 4.78 is 24.3. The number of halogens is 1. The summed E-state index contributed by atoms with van der Waals surface area (Å²) in [5, 5.41) is 0. The maximum Gasteiger partial charge on any atom is 0.245 e. The van der Waals surface area contributed by atoms with Crippen LogP contribution in [0.15, 0.2) is 36.4 Å². The van der Waals surface area contributed by atoms with Crippen LogP contribution in [0.25, 0.3) is 22.3 Å². The minimum atomic E-state index is -0.291. The normalized spacial score (nSPS) is 17.3. The van der Waals surface area contributed by atoms with Gasteiger partial charge < -0.3 is 15.2 Å². The molecule has 1 fully saturated rings. The second kappa shape index (κ2) is 6.01. The number of hydrogen-bond acceptors (Lipinski definition) is 6. The lowest BCUT2D eigenvalue weighted by molar-refractivity contribution is 0.139. The van der Waals surface area contributed by atoms with Crippen molar-refractivity contribution in [2.45, 2.75) is 12.5 Å². The summed E-state index contributed by atoms with van der Waals surface area (Å²) in [4.78, 5) is 13.0. The highest BCUT2D eigenvalue weighted by Crippen LogP contribution is 2.27. The first kappa shape index (κ1) is 14.8. The number of aromatic nitrogens is 3. The van der Waals surface area contributed by atoms with Crippen molar-refractivity contribution in [1.29, 1.82) is 0 Å². The topological polar surface area (TPSA) is 83.2 Å². The Morgan fingerprint density at radius 1 is 1.08 bits per heavy atom. The molecular formula is C17H15FN4O2. The minimum Gasteiger partial charge on any atom is -0.470 e. The fourth-order valence-electron chi connectivity index (χ4n) is 2.63. The first-order chi connectivity index (χ1) is 11.7. The zero-order valence-electron chi connectivity index (χ0n) is 12.8. The molecule has 1 saturated heterocycles.